The number of benzene rings is 5. The van der Waals surface area contributed by atoms with Crippen molar-refractivity contribution in [3.63, 3.8) is 0 Å². The van der Waals surface area contributed by atoms with Gasteiger partial charge in [-0.05, 0) is 6.07 Å². The van der Waals surface area contributed by atoms with Gasteiger partial charge >= 0.3 is 284 Å². The quantitative estimate of drug-likeness (QED) is 0.133. The van der Waals surface area contributed by atoms with Crippen molar-refractivity contribution in [1.82, 2.24) is 19.3 Å². The van der Waals surface area contributed by atoms with Crippen LogP contribution in [0.25, 0.3) is 50.0 Å². The molecule has 5 aromatic carbocycles. The molecule has 1 aliphatic carbocycles. The Labute approximate surface area is 312 Å². The summed E-state index contributed by atoms with van der Waals surface area (Å²) in [7, 11) is 0. The fourth-order valence-corrected chi connectivity index (χ4v) is 21.8. The van der Waals surface area contributed by atoms with E-state index in [-0.39, 0.29) is 21.1 Å². The molecule has 3 aromatic heterocycles. The molecule has 5 heterocycles. The zero-order valence-electron chi connectivity index (χ0n) is 27.5. The monoisotopic (exact) mass is 899 g/mol. The minimum atomic E-state index is -3.30. The number of nitrogens with zero attached hydrogens (tertiary/aromatic N) is 4. The number of fused-ring (bicyclic) bond motifs is 12. The van der Waals surface area contributed by atoms with Crippen LogP contribution in [0.4, 0.5) is 0 Å². The Morgan fingerprint density at radius 3 is 2.29 bits per heavy atom. The van der Waals surface area contributed by atoms with Gasteiger partial charge in [-0.25, -0.2) is 0 Å². The van der Waals surface area contributed by atoms with Gasteiger partial charge in [0.25, 0.3) is 0 Å². The van der Waals surface area contributed by atoms with E-state index in [1.54, 1.807) is 18.8 Å². The van der Waals surface area contributed by atoms with E-state index < -0.39 is 13.3 Å². The number of aromatic nitrogens is 4. The van der Waals surface area contributed by atoms with Gasteiger partial charge in [-0.3, -0.25) is 0 Å². The van der Waals surface area contributed by atoms with Gasteiger partial charge in [-0.15, -0.1) is 0 Å². The predicted molar refractivity (Wildman–Crippen MR) is 202 cm³/mol. The third-order valence-electron chi connectivity index (χ3n) is 11.0. The number of hydrogen-bond donors (Lipinski definition) is 0. The first-order valence-electron chi connectivity index (χ1n) is 17.4. The van der Waals surface area contributed by atoms with Crippen molar-refractivity contribution in [3.8, 4) is 34.1 Å². The Morgan fingerprint density at radius 1 is 0.647 bits per heavy atom. The molecule has 0 saturated carbocycles. The van der Waals surface area contributed by atoms with Gasteiger partial charge in [-0.1, -0.05) is 18.2 Å². The van der Waals surface area contributed by atoms with Crippen molar-refractivity contribution in [2.24, 2.45) is 0 Å². The molecular formula is C44H30GeN4OPt. The third-order valence-corrected chi connectivity index (χ3v) is 21.7. The van der Waals surface area contributed by atoms with Gasteiger partial charge < -0.3 is 0 Å². The zero-order valence-corrected chi connectivity index (χ0v) is 31.9. The van der Waals surface area contributed by atoms with E-state index in [4.69, 9.17) is 9.84 Å². The first-order valence-corrected chi connectivity index (χ1v) is 21.6. The minimum absolute atomic E-state index is 0. The Kier molecular flexibility index (Phi) is 7.13. The second-order valence-corrected chi connectivity index (χ2v) is 21.1. The Hall–Kier alpha value is -4.97. The fourth-order valence-electron chi connectivity index (χ4n) is 9.09. The van der Waals surface area contributed by atoms with E-state index in [0.29, 0.717) is 11.5 Å². The van der Waals surface area contributed by atoms with E-state index in [0.717, 1.165) is 33.3 Å². The molecule has 0 radical (unpaired) electrons. The molecule has 0 bridgehead atoms. The van der Waals surface area contributed by atoms with Crippen LogP contribution in [0.3, 0.4) is 0 Å². The normalized spacial score (nSPS) is 16.9. The number of hydrogen-bond acceptors (Lipinski definition) is 3. The van der Waals surface area contributed by atoms with Crippen molar-refractivity contribution in [2.45, 2.75) is 25.7 Å². The zero-order chi connectivity index (χ0) is 32.8. The molecule has 8 aromatic rings. The summed E-state index contributed by atoms with van der Waals surface area (Å²) in [5.41, 5.74) is 8.61. The maximum absolute atomic E-state index is 6.57. The van der Waals surface area contributed by atoms with Gasteiger partial charge in [0.05, 0.1) is 0 Å². The fraction of sp³-hybridized carbons (Fsp3) is 0.0909. The summed E-state index contributed by atoms with van der Waals surface area (Å²) in [6.45, 7) is 0. The molecule has 11 rings (SSSR count). The number of rotatable bonds is 4. The standard InChI is InChI=1S/C44H30GeN4O.Pt/c1-5-18-38-32(14-1)33-15-2-6-19-39(33)45(38)40-20-7-3-16-34(40)37-28-47-49(44(37)45)29-12-11-13-30(26-29)50-31-23-24-36-35-17-4-8-21-41(35)48(42(36)27-31)43-22-9-10-25-46-43;/h1,3-5,7-14,16-18,20-25,28H,2,6,15,19H2;/q-2;+2. The van der Waals surface area contributed by atoms with Gasteiger partial charge in [-0.2, -0.15) is 0 Å². The van der Waals surface area contributed by atoms with Gasteiger partial charge in [0.15, 0.2) is 0 Å². The molecule has 2 aliphatic heterocycles. The third kappa shape index (κ3) is 4.31. The maximum atomic E-state index is 6.57. The summed E-state index contributed by atoms with van der Waals surface area (Å²) in [5.74, 6) is 2.10. The summed E-state index contributed by atoms with van der Waals surface area (Å²) in [6.07, 6.45) is 8.77. The summed E-state index contributed by atoms with van der Waals surface area (Å²) >= 11 is -3.30. The molecule has 51 heavy (non-hydrogen) atoms. The molecule has 5 nitrogen and oxygen atoms in total. The summed E-state index contributed by atoms with van der Waals surface area (Å²) < 4.78 is 17.2. The van der Waals surface area contributed by atoms with Crippen molar-refractivity contribution in [2.75, 3.05) is 0 Å². The van der Waals surface area contributed by atoms with Crippen LogP contribution in [-0.2, 0) is 21.1 Å². The number of allylic oxidation sites excluding steroid dienone is 2. The predicted octanol–water partition coefficient (Wildman–Crippen LogP) is 8.09. The van der Waals surface area contributed by atoms with Crippen molar-refractivity contribution < 1.29 is 25.8 Å². The van der Waals surface area contributed by atoms with Crippen LogP contribution in [0, 0.1) is 12.1 Å². The van der Waals surface area contributed by atoms with Crippen LogP contribution in [0.1, 0.15) is 31.2 Å². The Balaban J connectivity index is 0.00000327. The van der Waals surface area contributed by atoms with Crippen LogP contribution in [-0.4, -0.2) is 32.6 Å². The molecule has 246 valence electrons. The van der Waals surface area contributed by atoms with Gasteiger partial charge in [0.2, 0.25) is 0 Å². The van der Waals surface area contributed by atoms with Crippen LogP contribution in [0.15, 0.2) is 138 Å². The molecule has 0 N–H and O–H groups in total. The number of ether oxygens (including phenoxy) is 1. The second kappa shape index (κ2) is 11.8. The van der Waals surface area contributed by atoms with Crippen molar-refractivity contribution >= 4 is 54.0 Å². The second-order valence-electron chi connectivity index (χ2n) is 13.5. The van der Waals surface area contributed by atoms with E-state index >= 15 is 0 Å². The molecule has 3 aliphatic rings. The summed E-state index contributed by atoms with van der Waals surface area (Å²) in [6, 6.07) is 50.3. The SMILES string of the molecule is [Pt+2].[c-]1c(Oc2[c-]c3c(cc2)c2ccccc2n3-c2ccccn2)cccc1-n1ncc2[c]1[Ge]1([C]3=C(CCCC3)c3cccc[c]31)[c]1ccccc1-2. The molecular weight excluding hydrogens is 868 g/mol. The molecule has 0 fully saturated rings. The molecule has 7 heteroatoms. The average Bonchev–Trinajstić information content (AvgIpc) is 3.91. The van der Waals surface area contributed by atoms with E-state index in [1.807, 2.05) is 42.6 Å². The molecule has 1 unspecified atom stereocenters. The molecule has 1 atom stereocenters. The van der Waals surface area contributed by atoms with E-state index in [2.05, 4.69) is 117 Å². The number of pyridine rings is 1. The van der Waals surface area contributed by atoms with Crippen LogP contribution < -0.4 is 18.1 Å². The average molecular weight is 898 g/mol. The van der Waals surface area contributed by atoms with E-state index in [9.17, 15) is 0 Å². The van der Waals surface area contributed by atoms with Crippen molar-refractivity contribution in [1.29, 1.82) is 0 Å². The first-order chi connectivity index (χ1) is 24.8. The van der Waals surface area contributed by atoms with Crippen molar-refractivity contribution in [3.05, 3.63) is 156 Å². The Morgan fingerprint density at radius 2 is 1.41 bits per heavy atom. The topological polar surface area (TPSA) is 44.9 Å². The first kappa shape index (κ1) is 30.8. The molecule has 0 amide bonds. The molecule has 0 saturated heterocycles. The van der Waals surface area contributed by atoms with Crippen LogP contribution in [0.5, 0.6) is 11.5 Å². The van der Waals surface area contributed by atoms with Crippen LogP contribution in [0.2, 0.25) is 0 Å². The van der Waals surface area contributed by atoms with Crippen LogP contribution >= 0.6 is 0 Å². The Bertz CT molecular complexity index is 2710. The van der Waals surface area contributed by atoms with Gasteiger partial charge in [0, 0.05) is 6.20 Å². The summed E-state index contributed by atoms with van der Waals surface area (Å²) in [5, 5.41) is 7.39. The number of para-hydroxylation sites is 1. The molecule has 1 spiro atoms. The van der Waals surface area contributed by atoms with E-state index in [1.165, 1.54) is 46.9 Å². The summed E-state index contributed by atoms with van der Waals surface area (Å²) in [4.78, 5) is 4.68. The van der Waals surface area contributed by atoms with Gasteiger partial charge in [0.1, 0.15) is 0 Å².